The Kier molecular flexibility index (Phi) is 3.35. The van der Waals surface area contributed by atoms with Crippen molar-refractivity contribution in [2.24, 2.45) is 0 Å². The zero-order valence-electron chi connectivity index (χ0n) is 9.28. The smallest absolute Gasteiger partial charge is 0.342 e. The van der Waals surface area contributed by atoms with E-state index in [1.807, 2.05) is 0 Å². The van der Waals surface area contributed by atoms with Gasteiger partial charge in [-0.05, 0) is 39.3 Å². The second-order valence-electron chi connectivity index (χ2n) is 4.34. The van der Waals surface area contributed by atoms with Crippen LogP contribution in [0.15, 0.2) is 35.6 Å². The number of esters is 1. The van der Waals surface area contributed by atoms with Crippen LogP contribution in [0.1, 0.15) is 27.2 Å². The van der Waals surface area contributed by atoms with Crippen LogP contribution < -0.4 is 0 Å². The average molecular weight is 208 g/mol. The van der Waals surface area contributed by atoms with E-state index in [1.165, 1.54) is 6.08 Å². The molecule has 1 aliphatic carbocycles. The van der Waals surface area contributed by atoms with Gasteiger partial charge in [0.1, 0.15) is 16.9 Å². The Hall–Kier alpha value is -1.51. The van der Waals surface area contributed by atoms with Gasteiger partial charge in [0, 0.05) is 0 Å². The number of carbonyl (C=O) groups is 1. The number of aliphatic hydroxyl groups excluding tert-OH is 1. The summed E-state index contributed by atoms with van der Waals surface area (Å²) in [6, 6.07) is 0. The van der Waals surface area contributed by atoms with E-state index in [0.717, 1.165) is 0 Å². The molecule has 0 heterocycles. The molecule has 1 rings (SSSR count). The van der Waals surface area contributed by atoms with E-state index in [0.29, 0.717) is 6.42 Å². The van der Waals surface area contributed by atoms with Crippen LogP contribution in [0.4, 0.5) is 0 Å². The molecule has 0 saturated carbocycles. The predicted molar refractivity (Wildman–Crippen MR) is 58.4 cm³/mol. The monoisotopic (exact) mass is 208 g/mol. The number of hydrogen-bond acceptors (Lipinski definition) is 3. The lowest BCUT2D eigenvalue weighted by Crippen LogP contribution is -2.25. The number of ether oxygens (including phenoxy) is 1. The number of hydrogen-bond donors (Lipinski definition) is 1. The standard InChI is InChI=1S/C12H16O3/c1-12(2,3)15-11(14)9-7-5-4-6-8-10(9)13/h5-8,13H,4H2,1-3H3. The van der Waals surface area contributed by atoms with Gasteiger partial charge in [-0.15, -0.1) is 0 Å². The zero-order valence-corrected chi connectivity index (χ0v) is 9.28. The fourth-order valence-corrected chi connectivity index (χ4v) is 1.12. The highest BCUT2D eigenvalue weighted by atomic mass is 16.6. The SMILES string of the molecule is CC(C)(C)OC(=O)C1=C(O)C=CCC=C1. The fourth-order valence-electron chi connectivity index (χ4n) is 1.12. The number of carbonyl (C=O) groups excluding carboxylic acids is 1. The summed E-state index contributed by atoms with van der Waals surface area (Å²) in [4.78, 5) is 11.7. The van der Waals surface area contributed by atoms with Gasteiger partial charge in [0.05, 0.1) is 0 Å². The molecule has 82 valence electrons. The molecule has 1 N–H and O–H groups in total. The van der Waals surface area contributed by atoms with E-state index >= 15 is 0 Å². The minimum Gasteiger partial charge on any atom is -0.507 e. The van der Waals surface area contributed by atoms with Crippen molar-refractivity contribution in [1.82, 2.24) is 0 Å². The first-order chi connectivity index (χ1) is 6.90. The van der Waals surface area contributed by atoms with Crippen LogP contribution in [0.2, 0.25) is 0 Å². The van der Waals surface area contributed by atoms with Gasteiger partial charge >= 0.3 is 5.97 Å². The van der Waals surface area contributed by atoms with Crippen molar-refractivity contribution in [1.29, 1.82) is 0 Å². The van der Waals surface area contributed by atoms with Crippen molar-refractivity contribution in [3.05, 3.63) is 35.6 Å². The van der Waals surface area contributed by atoms with Crippen LogP contribution >= 0.6 is 0 Å². The lowest BCUT2D eigenvalue weighted by molar-refractivity contribution is -0.149. The summed E-state index contributed by atoms with van der Waals surface area (Å²) < 4.78 is 5.16. The Balaban J connectivity index is 2.87. The largest absolute Gasteiger partial charge is 0.507 e. The van der Waals surface area contributed by atoms with Gasteiger partial charge in [-0.3, -0.25) is 0 Å². The van der Waals surface area contributed by atoms with Crippen LogP contribution in [0.3, 0.4) is 0 Å². The van der Waals surface area contributed by atoms with Crippen molar-refractivity contribution in [2.45, 2.75) is 32.8 Å². The maximum atomic E-state index is 11.7. The van der Waals surface area contributed by atoms with Gasteiger partial charge in [0.2, 0.25) is 0 Å². The molecule has 0 aromatic carbocycles. The topological polar surface area (TPSA) is 46.5 Å². The van der Waals surface area contributed by atoms with Gasteiger partial charge in [0.15, 0.2) is 0 Å². The lowest BCUT2D eigenvalue weighted by atomic mass is 10.1. The Morgan fingerprint density at radius 3 is 2.53 bits per heavy atom. The van der Waals surface area contributed by atoms with Gasteiger partial charge in [-0.1, -0.05) is 12.2 Å². The molecule has 0 unspecified atom stereocenters. The van der Waals surface area contributed by atoms with E-state index in [4.69, 9.17) is 4.74 Å². The Morgan fingerprint density at radius 1 is 1.33 bits per heavy atom. The molecular weight excluding hydrogens is 192 g/mol. The van der Waals surface area contributed by atoms with Crippen LogP contribution in [-0.2, 0) is 9.53 Å². The zero-order chi connectivity index (χ0) is 11.5. The predicted octanol–water partition coefficient (Wildman–Crippen LogP) is 2.66. The van der Waals surface area contributed by atoms with Crippen molar-refractivity contribution in [3.63, 3.8) is 0 Å². The molecule has 0 fully saturated rings. The molecule has 1 aliphatic rings. The summed E-state index contributed by atoms with van der Waals surface area (Å²) in [6.07, 6.45) is 7.39. The highest BCUT2D eigenvalue weighted by Gasteiger charge is 2.20. The van der Waals surface area contributed by atoms with Crippen molar-refractivity contribution < 1.29 is 14.6 Å². The maximum absolute atomic E-state index is 11.7. The molecule has 0 atom stereocenters. The molecule has 0 radical (unpaired) electrons. The van der Waals surface area contributed by atoms with E-state index < -0.39 is 11.6 Å². The third kappa shape index (κ3) is 3.62. The van der Waals surface area contributed by atoms with Crippen LogP contribution in [0.25, 0.3) is 0 Å². The lowest BCUT2D eigenvalue weighted by Gasteiger charge is -2.19. The molecular formula is C12H16O3. The highest BCUT2D eigenvalue weighted by molar-refractivity contribution is 5.93. The summed E-state index contributed by atoms with van der Waals surface area (Å²) in [5.74, 6) is -0.541. The van der Waals surface area contributed by atoms with Gasteiger partial charge in [-0.25, -0.2) is 4.79 Å². The summed E-state index contributed by atoms with van der Waals surface area (Å²) >= 11 is 0. The Bertz CT molecular complexity index is 340. The molecule has 3 heteroatoms. The third-order valence-electron chi connectivity index (χ3n) is 1.73. The summed E-state index contributed by atoms with van der Waals surface area (Å²) in [5, 5.41) is 9.56. The van der Waals surface area contributed by atoms with Crippen LogP contribution in [-0.4, -0.2) is 16.7 Å². The Labute approximate surface area is 89.7 Å². The molecule has 0 spiro atoms. The number of allylic oxidation sites excluding steroid dienone is 3. The van der Waals surface area contributed by atoms with Gasteiger partial charge < -0.3 is 9.84 Å². The van der Waals surface area contributed by atoms with E-state index in [-0.39, 0.29) is 11.3 Å². The molecule has 0 bridgehead atoms. The van der Waals surface area contributed by atoms with Gasteiger partial charge in [0.25, 0.3) is 0 Å². The quantitative estimate of drug-likeness (QED) is 0.674. The van der Waals surface area contributed by atoms with Crippen molar-refractivity contribution in [2.75, 3.05) is 0 Å². The average Bonchev–Trinajstić information content (AvgIpc) is 2.26. The highest BCUT2D eigenvalue weighted by Crippen LogP contribution is 2.16. The van der Waals surface area contributed by atoms with E-state index in [9.17, 15) is 9.90 Å². The van der Waals surface area contributed by atoms with Gasteiger partial charge in [-0.2, -0.15) is 0 Å². The Morgan fingerprint density at radius 2 is 1.93 bits per heavy atom. The molecule has 0 aliphatic heterocycles. The molecule has 0 saturated heterocycles. The second-order valence-corrected chi connectivity index (χ2v) is 4.34. The number of aliphatic hydroxyl groups is 1. The molecule has 0 aromatic rings. The first-order valence-corrected chi connectivity index (χ1v) is 4.90. The maximum Gasteiger partial charge on any atom is 0.342 e. The minimum atomic E-state index is -0.547. The third-order valence-corrected chi connectivity index (χ3v) is 1.73. The minimum absolute atomic E-state index is 0.0435. The molecule has 15 heavy (non-hydrogen) atoms. The molecule has 0 aromatic heterocycles. The van der Waals surface area contributed by atoms with Crippen LogP contribution in [0, 0.1) is 0 Å². The molecule has 0 amide bonds. The summed E-state index contributed by atoms with van der Waals surface area (Å²) in [5.41, 5.74) is -0.340. The first-order valence-electron chi connectivity index (χ1n) is 4.90. The summed E-state index contributed by atoms with van der Waals surface area (Å²) in [7, 11) is 0. The summed E-state index contributed by atoms with van der Waals surface area (Å²) in [6.45, 7) is 5.37. The fraction of sp³-hybridized carbons (Fsp3) is 0.417. The van der Waals surface area contributed by atoms with E-state index in [2.05, 4.69) is 0 Å². The van der Waals surface area contributed by atoms with Crippen molar-refractivity contribution >= 4 is 5.97 Å². The van der Waals surface area contributed by atoms with Crippen molar-refractivity contribution in [3.8, 4) is 0 Å². The number of rotatable bonds is 1. The first kappa shape index (κ1) is 11.6. The normalized spacial score (nSPS) is 16.5. The van der Waals surface area contributed by atoms with E-state index in [1.54, 1.807) is 39.0 Å². The van der Waals surface area contributed by atoms with Crippen LogP contribution in [0.5, 0.6) is 0 Å². The second kappa shape index (κ2) is 4.34. The molecule has 3 nitrogen and oxygen atoms in total.